The van der Waals surface area contributed by atoms with Gasteiger partial charge in [-0.25, -0.2) is 13.1 Å². The zero-order valence-corrected chi connectivity index (χ0v) is 15.0. The van der Waals surface area contributed by atoms with Crippen molar-refractivity contribution in [1.82, 2.24) is 4.72 Å². The molecule has 1 rings (SSSR count). The van der Waals surface area contributed by atoms with Crippen molar-refractivity contribution in [1.29, 1.82) is 0 Å². The van der Waals surface area contributed by atoms with E-state index in [9.17, 15) is 8.42 Å². The average Bonchev–Trinajstić information content (AvgIpc) is 2.74. The van der Waals surface area contributed by atoms with Crippen LogP contribution in [0.5, 0.6) is 0 Å². The highest BCUT2D eigenvalue weighted by Gasteiger charge is 2.20. The molecule has 1 aromatic heterocycles. The highest BCUT2D eigenvalue weighted by Crippen LogP contribution is 2.27. The molecule has 0 saturated carbocycles. The van der Waals surface area contributed by atoms with Gasteiger partial charge in [0.1, 0.15) is 4.21 Å². The molecule has 1 heterocycles. The monoisotopic (exact) mass is 417 g/mol. The lowest BCUT2D eigenvalue weighted by molar-refractivity contribution is 0.459. The lowest BCUT2D eigenvalue weighted by atomic mass is 10.0. The van der Waals surface area contributed by atoms with Gasteiger partial charge < -0.3 is 0 Å². The van der Waals surface area contributed by atoms with Crippen LogP contribution in [0.1, 0.15) is 26.2 Å². The summed E-state index contributed by atoms with van der Waals surface area (Å²) in [7, 11) is -3.37. The fourth-order valence-electron chi connectivity index (χ4n) is 1.68. The predicted molar refractivity (Wildman–Crippen MR) is 84.0 cm³/mol. The number of hydrogen-bond acceptors (Lipinski definition) is 3. The minimum absolute atomic E-state index is 0.358. The zero-order chi connectivity index (χ0) is 13.6. The normalized spacial score (nSPS) is 13.7. The number of sulfonamides is 1. The lowest BCUT2D eigenvalue weighted by Gasteiger charge is -2.15. The molecule has 1 atom stereocenters. The van der Waals surface area contributed by atoms with Crippen molar-refractivity contribution >= 4 is 53.2 Å². The maximum atomic E-state index is 12.1. The van der Waals surface area contributed by atoms with Crippen molar-refractivity contribution in [2.75, 3.05) is 11.9 Å². The van der Waals surface area contributed by atoms with Crippen LogP contribution in [0.3, 0.4) is 0 Å². The lowest BCUT2D eigenvalue weighted by Crippen LogP contribution is -2.29. The molecule has 104 valence electrons. The molecule has 0 spiro atoms. The summed E-state index contributed by atoms with van der Waals surface area (Å²) < 4.78 is 27.9. The Bertz CT molecular complexity index is 453. The van der Waals surface area contributed by atoms with E-state index in [2.05, 4.69) is 43.5 Å². The number of rotatable bonds is 8. The number of thiophene rings is 1. The first-order valence-corrected chi connectivity index (χ1v) is 10.1. The molecule has 0 amide bonds. The molecule has 0 fully saturated rings. The number of nitrogens with one attached hydrogen (secondary N) is 1. The summed E-state index contributed by atoms with van der Waals surface area (Å²) in [6, 6.07) is 1.75. The van der Waals surface area contributed by atoms with E-state index in [1.807, 2.05) is 0 Å². The van der Waals surface area contributed by atoms with Crippen LogP contribution < -0.4 is 4.72 Å². The Morgan fingerprint density at radius 3 is 2.67 bits per heavy atom. The summed E-state index contributed by atoms with van der Waals surface area (Å²) in [5.41, 5.74) is 0. The van der Waals surface area contributed by atoms with Crippen molar-refractivity contribution < 1.29 is 8.42 Å². The largest absolute Gasteiger partial charge is 0.251 e. The zero-order valence-electron chi connectivity index (χ0n) is 10.2. The third-order valence-electron chi connectivity index (χ3n) is 2.60. The second-order valence-corrected chi connectivity index (χ2v) is 8.57. The molecule has 1 aromatic rings. The van der Waals surface area contributed by atoms with Crippen LogP contribution in [0, 0.1) is 5.92 Å². The summed E-state index contributed by atoms with van der Waals surface area (Å²) in [5.74, 6) is 0.392. The first-order chi connectivity index (χ1) is 8.51. The Hall–Kier alpha value is 0.570. The molecule has 0 radical (unpaired) electrons. The Kier molecular flexibility index (Phi) is 7.38. The molecule has 0 aliphatic carbocycles. The van der Waals surface area contributed by atoms with Crippen molar-refractivity contribution in [2.45, 2.75) is 30.4 Å². The van der Waals surface area contributed by atoms with E-state index < -0.39 is 10.0 Å². The topological polar surface area (TPSA) is 46.2 Å². The van der Waals surface area contributed by atoms with Crippen LogP contribution in [0.4, 0.5) is 0 Å². The molecule has 1 unspecified atom stereocenters. The molecule has 0 aromatic carbocycles. The minimum Gasteiger partial charge on any atom is -0.210 e. The van der Waals surface area contributed by atoms with E-state index >= 15 is 0 Å². The van der Waals surface area contributed by atoms with Crippen molar-refractivity contribution in [3.8, 4) is 0 Å². The molecular weight excluding hydrogens is 402 g/mol. The van der Waals surface area contributed by atoms with Crippen molar-refractivity contribution in [2.24, 2.45) is 5.92 Å². The van der Waals surface area contributed by atoms with Gasteiger partial charge in [0.05, 0.1) is 0 Å². The van der Waals surface area contributed by atoms with Crippen LogP contribution >= 0.6 is 43.2 Å². The Morgan fingerprint density at radius 2 is 2.17 bits per heavy atom. The van der Waals surface area contributed by atoms with Gasteiger partial charge in [0, 0.05) is 16.3 Å². The number of halogens is 2. The molecule has 0 bridgehead atoms. The van der Waals surface area contributed by atoms with Gasteiger partial charge in [0.25, 0.3) is 10.0 Å². The quantitative estimate of drug-likeness (QED) is 0.648. The van der Waals surface area contributed by atoms with Crippen LogP contribution in [0.2, 0.25) is 0 Å². The van der Waals surface area contributed by atoms with E-state index in [4.69, 9.17) is 0 Å². The highest BCUT2D eigenvalue weighted by atomic mass is 79.9. The van der Waals surface area contributed by atoms with Crippen LogP contribution in [-0.2, 0) is 10.0 Å². The summed E-state index contributed by atoms with van der Waals surface area (Å²) in [6.07, 6.45) is 3.10. The maximum absolute atomic E-state index is 12.1. The van der Waals surface area contributed by atoms with Crippen molar-refractivity contribution in [3.05, 3.63) is 15.9 Å². The molecule has 0 aliphatic heterocycles. The van der Waals surface area contributed by atoms with E-state index in [0.717, 1.165) is 24.6 Å². The van der Waals surface area contributed by atoms with Crippen LogP contribution in [0.15, 0.2) is 20.1 Å². The van der Waals surface area contributed by atoms with Crippen LogP contribution in [0.25, 0.3) is 0 Å². The van der Waals surface area contributed by atoms with Gasteiger partial charge in [-0.1, -0.05) is 29.3 Å². The first-order valence-electron chi connectivity index (χ1n) is 5.80. The van der Waals surface area contributed by atoms with E-state index in [0.29, 0.717) is 21.1 Å². The van der Waals surface area contributed by atoms with Gasteiger partial charge in [-0.3, -0.25) is 0 Å². The van der Waals surface area contributed by atoms with Gasteiger partial charge in [-0.2, -0.15) is 0 Å². The third-order valence-corrected chi connectivity index (χ3v) is 7.16. The molecule has 18 heavy (non-hydrogen) atoms. The van der Waals surface area contributed by atoms with Gasteiger partial charge in [-0.05, 0) is 46.1 Å². The van der Waals surface area contributed by atoms with Crippen molar-refractivity contribution in [3.63, 3.8) is 0 Å². The summed E-state index contributed by atoms with van der Waals surface area (Å²) in [5, 5.41) is 2.67. The SMILES string of the molecule is CCCC(CCBr)CNS(=O)(=O)c1sccc1Br. The Labute approximate surface area is 130 Å². The van der Waals surface area contributed by atoms with Gasteiger partial charge >= 0.3 is 0 Å². The fourth-order valence-corrected chi connectivity index (χ4v) is 5.82. The second kappa shape index (κ2) is 7.99. The van der Waals surface area contributed by atoms with E-state index in [1.54, 1.807) is 11.4 Å². The summed E-state index contributed by atoms with van der Waals surface area (Å²) >= 11 is 7.89. The summed E-state index contributed by atoms with van der Waals surface area (Å²) in [6.45, 7) is 2.62. The molecule has 0 aliphatic rings. The number of hydrogen-bond donors (Lipinski definition) is 1. The summed E-state index contributed by atoms with van der Waals surface area (Å²) in [4.78, 5) is 0. The molecule has 3 nitrogen and oxygen atoms in total. The van der Waals surface area contributed by atoms with Gasteiger partial charge in [0.2, 0.25) is 0 Å². The molecule has 7 heteroatoms. The minimum atomic E-state index is -3.37. The average molecular weight is 419 g/mol. The van der Waals surface area contributed by atoms with Gasteiger partial charge in [-0.15, -0.1) is 11.3 Å². The van der Waals surface area contributed by atoms with E-state index in [1.165, 1.54) is 11.3 Å². The predicted octanol–water partition coefficient (Wildman–Crippen LogP) is 3.99. The third kappa shape index (κ3) is 4.92. The smallest absolute Gasteiger partial charge is 0.210 e. The first kappa shape index (κ1) is 16.6. The van der Waals surface area contributed by atoms with Gasteiger partial charge in [0.15, 0.2) is 0 Å². The maximum Gasteiger partial charge on any atom is 0.251 e. The second-order valence-electron chi connectivity index (χ2n) is 4.04. The Balaban J connectivity index is 2.64. The number of alkyl halides is 1. The molecule has 1 N–H and O–H groups in total. The highest BCUT2D eigenvalue weighted by molar-refractivity contribution is 9.10. The van der Waals surface area contributed by atoms with Crippen LogP contribution in [-0.4, -0.2) is 20.3 Å². The Morgan fingerprint density at radius 1 is 1.44 bits per heavy atom. The molecule has 0 saturated heterocycles. The van der Waals surface area contributed by atoms with E-state index in [-0.39, 0.29) is 0 Å². The fraction of sp³-hybridized carbons (Fsp3) is 0.636. The standard InChI is InChI=1S/C11H17Br2NO2S2/c1-2-3-9(4-6-12)8-14-18(15,16)11-10(13)5-7-17-11/h5,7,9,14H,2-4,6,8H2,1H3. The molecular formula is C11H17Br2NO2S2.